The van der Waals surface area contributed by atoms with Gasteiger partial charge >= 0.3 is 5.97 Å². The lowest BCUT2D eigenvalue weighted by Crippen LogP contribution is -2.41. The van der Waals surface area contributed by atoms with E-state index in [2.05, 4.69) is 4.72 Å². The molecule has 20 heavy (non-hydrogen) atoms. The van der Waals surface area contributed by atoms with Gasteiger partial charge in [-0.05, 0) is 48.9 Å². The van der Waals surface area contributed by atoms with Crippen molar-refractivity contribution >= 4 is 16.0 Å². The molecule has 0 saturated carbocycles. The largest absolute Gasteiger partial charge is 0.480 e. The minimum absolute atomic E-state index is 0.0716. The van der Waals surface area contributed by atoms with Crippen LogP contribution in [-0.2, 0) is 27.7 Å². The first-order chi connectivity index (χ1) is 9.44. The van der Waals surface area contributed by atoms with Gasteiger partial charge < -0.3 is 10.2 Å². The van der Waals surface area contributed by atoms with Gasteiger partial charge in [-0.1, -0.05) is 6.07 Å². The summed E-state index contributed by atoms with van der Waals surface area (Å²) in [5.41, 5.74) is 2.15. The highest BCUT2D eigenvalue weighted by Crippen LogP contribution is 2.24. The summed E-state index contributed by atoms with van der Waals surface area (Å²) in [6.07, 6.45) is 2.64. The van der Waals surface area contributed by atoms with Gasteiger partial charge in [-0.15, -0.1) is 0 Å². The van der Waals surface area contributed by atoms with E-state index in [0.29, 0.717) is 0 Å². The maximum atomic E-state index is 12.2. The number of benzene rings is 1. The zero-order valence-electron chi connectivity index (χ0n) is 10.9. The summed E-state index contributed by atoms with van der Waals surface area (Å²) < 4.78 is 26.4. The number of carbonyl (C=O) groups is 1. The number of aryl methyl sites for hydroxylation is 2. The Morgan fingerprint density at radius 1 is 1.30 bits per heavy atom. The number of aliphatic hydroxyl groups excluding tert-OH is 1. The fourth-order valence-corrected chi connectivity index (χ4v) is 3.61. The van der Waals surface area contributed by atoms with Crippen molar-refractivity contribution in [2.24, 2.45) is 0 Å². The van der Waals surface area contributed by atoms with Crippen molar-refractivity contribution in [2.75, 3.05) is 6.61 Å². The van der Waals surface area contributed by atoms with Crippen LogP contribution >= 0.6 is 0 Å². The van der Waals surface area contributed by atoms with Gasteiger partial charge in [-0.25, -0.2) is 8.42 Å². The molecule has 0 aromatic heterocycles. The highest BCUT2D eigenvalue weighted by molar-refractivity contribution is 7.89. The van der Waals surface area contributed by atoms with Crippen molar-refractivity contribution in [2.45, 2.75) is 36.6 Å². The second-order valence-electron chi connectivity index (χ2n) is 4.81. The average molecular weight is 299 g/mol. The van der Waals surface area contributed by atoms with Crippen LogP contribution in [-0.4, -0.2) is 37.2 Å². The molecular weight excluding hydrogens is 282 g/mol. The topological polar surface area (TPSA) is 104 Å². The number of hydrogen-bond acceptors (Lipinski definition) is 4. The van der Waals surface area contributed by atoms with Crippen LogP contribution in [0.2, 0.25) is 0 Å². The molecule has 6 nitrogen and oxygen atoms in total. The van der Waals surface area contributed by atoms with Crippen LogP contribution in [0.4, 0.5) is 0 Å². The minimum Gasteiger partial charge on any atom is -0.480 e. The molecule has 0 radical (unpaired) electrons. The standard InChI is InChI=1S/C13H17NO5S/c15-7-6-12(13(16)17)14-20(18,19)11-5-4-9-2-1-3-10(9)8-11/h4-5,8,12,14-15H,1-3,6-7H2,(H,16,17). The van der Waals surface area contributed by atoms with E-state index in [1.54, 1.807) is 12.1 Å². The van der Waals surface area contributed by atoms with Gasteiger partial charge in [-0.3, -0.25) is 4.79 Å². The van der Waals surface area contributed by atoms with E-state index in [4.69, 9.17) is 10.2 Å². The first-order valence-electron chi connectivity index (χ1n) is 6.42. The minimum atomic E-state index is -3.89. The Labute approximate surface area is 117 Å². The molecule has 2 rings (SSSR count). The summed E-state index contributed by atoms with van der Waals surface area (Å²) in [5.74, 6) is -1.30. The second kappa shape index (κ2) is 5.90. The van der Waals surface area contributed by atoms with E-state index in [0.717, 1.165) is 30.4 Å². The lowest BCUT2D eigenvalue weighted by Gasteiger charge is -2.14. The van der Waals surface area contributed by atoms with Gasteiger partial charge in [0.2, 0.25) is 10.0 Å². The van der Waals surface area contributed by atoms with Crippen molar-refractivity contribution in [3.8, 4) is 0 Å². The number of aliphatic hydroxyl groups is 1. The Bertz CT molecular complexity index is 611. The van der Waals surface area contributed by atoms with Crippen LogP contribution in [0.5, 0.6) is 0 Å². The monoisotopic (exact) mass is 299 g/mol. The average Bonchev–Trinajstić information content (AvgIpc) is 2.85. The molecule has 0 aliphatic heterocycles. The van der Waals surface area contributed by atoms with Gasteiger partial charge in [-0.2, -0.15) is 4.72 Å². The summed E-state index contributed by atoms with van der Waals surface area (Å²) in [6.45, 7) is -0.399. The third-order valence-corrected chi connectivity index (χ3v) is 4.86. The number of nitrogens with one attached hydrogen (secondary N) is 1. The quantitative estimate of drug-likeness (QED) is 0.700. The Kier molecular flexibility index (Phi) is 4.42. The Morgan fingerprint density at radius 3 is 2.65 bits per heavy atom. The third-order valence-electron chi connectivity index (χ3n) is 3.39. The fourth-order valence-electron chi connectivity index (χ4n) is 2.33. The second-order valence-corrected chi connectivity index (χ2v) is 6.52. The number of rotatable bonds is 6. The lowest BCUT2D eigenvalue weighted by molar-refractivity contribution is -0.139. The van der Waals surface area contributed by atoms with Crippen LogP contribution < -0.4 is 4.72 Å². The van der Waals surface area contributed by atoms with Gasteiger partial charge in [0.25, 0.3) is 0 Å². The zero-order chi connectivity index (χ0) is 14.8. The van der Waals surface area contributed by atoms with Crippen LogP contribution in [0.3, 0.4) is 0 Å². The van der Waals surface area contributed by atoms with Crippen molar-refractivity contribution in [3.63, 3.8) is 0 Å². The SMILES string of the molecule is O=C(O)C(CCO)NS(=O)(=O)c1ccc2c(c1)CCC2. The summed E-state index contributed by atoms with van der Waals surface area (Å²) in [6, 6.07) is 3.55. The molecule has 0 amide bonds. The Hall–Kier alpha value is -1.44. The number of aliphatic carboxylic acids is 1. The highest BCUT2D eigenvalue weighted by atomic mass is 32.2. The highest BCUT2D eigenvalue weighted by Gasteiger charge is 2.25. The molecular formula is C13H17NO5S. The molecule has 1 atom stereocenters. The first-order valence-corrected chi connectivity index (χ1v) is 7.90. The van der Waals surface area contributed by atoms with Crippen LogP contribution in [0.15, 0.2) is 23.1 Å². The van der Waals surface area contributed by atoms with E-state index in [-0.39, 0.29) is 11.3 Å². The lowest BCUT2D eigenvalue weighted by atomic mass is 10.1. The van der Waals surface area contributed by atoms with Gasteiger partial charge in [0.05, 0.1) is 4.90 Å². The molecule has 0 heterocycles. The molecule has 1 aromatic carbocycles. The van der Waals surface area contributed by atoms with E-state index < -0.39 is 28.6 Å². The van der Waals surface area contributed by atoms with Crippen molar-refractivity contribution in [3.05, 3.63) is 29.3 Å². The van der Waals surface area contributed by atoms with E-state index >= 15 is 0 Å². The van der Waals surface area contributed by atoms with E-state index in [1.807, 2.05) is 0 Å². The Morgan fingerprint density at radius 2 is 2.00 bits per heavy atom. The molecule has 7 heteroatoms. The van der Waals surface area contributed by atoms with Gasteiger partial charge in [0, 0.05) is 6.61 Å². The molecule has 110 valence electrons. The smallest absolute Gasteiger partial charge is 0.321 e. The number of sulfonamides is 1. The van der Waals surface area contributed by atoms with Gasteiger partial charge in [0.15, 0.2) is 0 Å². The normalized spacial score (nSPS) is 15.8. The molecule has 0 bridgehead atoms. The van der Waals surface area contributed by atoms with Crippen LogP contribution in [0.25, 0.3) is 0 Å². The molecule has 3 N–H and O–H groups in total. The molecule has 1 aliphatic rings. The maximum absolute atomic E-state index is 12.2. The first kappa shape index (κ1) is 15.0. The fraction of sp³-hybridized carbons (Fsp3) is 0.462. The predicted molar refractivity (Wildman–Crippen MR) is 71.9 cm³/mol. The molecule has 0 spiro atoms. The summed E-state index contributed by atoms with van der Waals surface area (Å²) >= 11 is 0. The van der Waals surface area contributed by atoms with Crippen molar-refractivity contribution in [1.29, 1.82) is 0 Å². The molecule has 0 fully saturated rings. The molecule has 1 aliphatic carbocycles. The number of hydrogen-bond donors (Lipinski definition) is 3. The number of fused-ring (bicyclic) bond motifs is 1. The van der Waals surface area contributed by atoms with Crippen molar-refractivity contribution < 1.29 is 23.4 Å². The maximum Gasteiger partial charge on any atom is 0.321 e. The van der Waals surface area contributed by atoms with E-state index in [9.17, 15) is 13.2 Å². The Balaban J connectivity index is 2.23. The summed E-state index contributed by atoms with van der Waals surface area (Å²) in [5, 5.41) is 17.7. The van der Waals surface area contributed by atoms with Crippen LogP contribution in [0, 0.1) is 0 Å². The molecule has 1 unspecified atom stereocenters. The number of carboxylic acid groups (broad SMARTS) is 1. The van der Waals surface area contributed by atoms with Gasteiger partial charge in [0.1, 0.15) is 6.04 Å². The predicted octanol–water partition coefficient (Wildman–Crippen LogP) is 0.289. The summed E-state index contributed by atoms with van der Waals surface area (Å²) in [4.78, 5) is 11.0. The van der Waals surface area contributed by atoms with E-state index in [1.165, 1.54) is 6.07 Å². The summed E-state index contributed by atoms with van der Waals surface area (Å²) in [7, 11) is -3.89. The number of carboxylic acids is 1. The van der Waals surface area contributed by atoms with Crippen LogP contribution in [0.1, 0.15) is 24.0 Å². The third kappa shape index (κ3) is 3.17. The molecule has 1 aromatic rings. The molecule has 0 saturated heterocycles. The zero-order valence-corrected chi connectivity index (χ0v) is 11.7. The van der Waals surface area contributed by atoms with Crippen molar-refractivity contribution in [1.82, 2.24) is 4.72 Å².